The van der Waals surface area contributed by atoms with Crippen molar-refractivity contribution in [1.29, 1.82) is 0 Å². The molecule has 0 amide bonds. The molecule has 0 aliphatic rings. The van der Waals surface area contributed by atoms with E-state index >= 15 is 0 Å². The molecule has 1 aromatic heterocycles. The number of halogens is 1. The molecule has 19 heavy (non-hydrogen) atoms. The SMILES string of the molecule is CCCNC(C)c1cc(F)c(C)cc1-n1ccnc1. The van der Waals surface area contributed by atoms with Crippen molar-refractivity contribution in [1.82, 2.24) is 14.9 Å². The molecule has 0 radical (unpaired) electrons. The van der Waals surface area contributed by atoms with Gasteiger partial charge in [-0.25, -0.2) is 9.37 Å². The van der Waals surface area contributed by atoms with Crippen molar-refractivity contribution in [2.45, 2.75) is 33.2 Å². The molecule has 2 aromatic rings. The third kappa shape index (κ3) is 3.01. The zero-order valence-electron chi connectivity index (χ0n) is 11.7. The second-order valence-corrected chi connectivity index (χ2v) is 4.81. The first-order valence-electron chi connectivity index (χ1n) is 6.65. The Morgan fingerprint density at radius 3 is 2.84 bits per heavy atom. The summed E-state index contributed by atoms with van der Waals surface area (Å²) in [6.07, 6.45) is 6.40. The van der Waals surface area contributed by atoms with E-state index in [9.17, 15) is 4.39 Å². The van der Waals surface area contributed by atoms with Crippen molar-refractivity contribution in [2.75, 3.05) is 6.54 Å². The molecule has 0 bridgehead atoms. The molecule has 2 rings (SSSR count). The largest absolute Gasteiger partial charge is 0.310 e. The Kier molecular flexibility index (Phi) is 4.32. The van der Waals surface area contributed by atoms with Crippen LogP contribution in [0.25, 0.3) is 5.69 Å². The van der Waals surface area contributed by atoms with Crippen LogP contribution in [0.2, 0.25) is 0 Å². The smallest absolute Gasteiger partial charge is 0.126 e. The molecule has 0 aliphatic heterocycles. The van der Waals surface area contributed by atoms with Crippen LogP contribution < -0.4 is 5.32 Å². The fraction of sp³-hybridized carbons (Fsp3) is 0.400. The van der Waals surface area contributed by atoms with E-state index in [1.807, 2.05) is 16.8 Å². The van der Waals surface area contributed by atoms with Crippen LogP contribution in [0, 0.1) is 12.7 Å². The highest BCUT2D eigenvalue weighted by Gasteiger charge is 2.14. The summed E-state index contributed by atoms with van der Waals surface area (Å²) in [5, 5.41) is 3.40. The minimum absolute atomic E-state index is 0.104. The van der Waals surface area contributed by atoms with Crippen LogP contribution in [0.4, 0.5) is 4.39 Å². The highest BCUT2D eigenvalue weighted by atomic mass is 19.1. The number of benzene rings is 1. The fourth-order valence-corrected chi connectivity index (χ4v) is 2.12. The Morgan fingerprint density at radius 2 is 2.21 bits per heavy atom. The standard InChI is InChI=1S/C15H20FN3/c1-4-5-18-12(3)13-9-14(16)11(2)8-15(13)19-7-6-17-10-19/h6-10,12,18H,4-5H2,1-3H3. The Hall–Kier alpha value is -1.68. The highest BCUT2D eigenvalue weighted by Crippen LogP contribution is 2.25. The van der Waals surface area contributed by atoms with Gasteiger partial charge >= 0.3 is 0 Å². The highest BCUT2D eigenvalue weighted by molar-refractivity contribution is 5.46. The van der Waals surface area contributed by atoms with E-state index in [0.717, 1.165) is 24.2 Å². The van der Waals surface area contributed by atoms with Gasteiger partial charge in [-0.2, -0.15) is 0 Å². The van der Waals surface area contributed by atoms with Gasteiger partial charge in [0.25, 0.3) is 0 Å². The van der Waals surface area contributed by atoms with Crippen LogP contribution >= 0.6 is 0 Å². The van der Waals surface area contributed by atoms with Gasteiger partial charge in [-0.15, -0.1) is 0 Å². The number of imidazole rings is 1. The van der Waals surface area contributed by atoms with Gasteiger partial charge in [0.15, 0.2) is 0 Å². The van der Waals surface area contributed by atoms with E-state index in [1.54, 1.807) is 25.5 Å². The molecular weight excluding hydrogens is 241 g/mol. The second-order valence-electron chi connectivity index (χ2n) is 4.81. The summed E-state index contributed by atoms with van der Waals surface area (Å²) in [6, 6.07) is 3.60. The van der Waals surface area contributed by atoms with Gasteiger partial charge in [-0.3, -0.25) is 0 Å². The first kappa shape index (κ1) is 13.7. The number of hydrogen-bond acceptors (Lipinski definition) is 2. The monoisotopic (exact) mass is 261 g/mol. The summed E-state index contributed by atoms with van der Waals surface area (Å²) in [5.74, 6) is -0.163. The van der Waals surface area contributed by atoms with Crippen LogP contribution in [-0.4, -0.2) is 16.1 Å². The predicted octanol–water partition coefficient (Wildman–Crippen LogP) is 3.38. The van der Waals surface area contributed by atoms with Crippen molar-refractivity contribution >= 4 is 0 Å². The summed E-state index contributed by atoms with van der Waals surface area (Å²) < 4.78 is 15.8. The molecule has 1 heterocycles. The summed E-state index contributed by atoms with van der Waals surface area (Å²) >= 11 is 0. The maximum Gasteiger partial charge on any atom is 0.126 e. The Bertz CT molecular complexity index is 535. The summed E-state index contributed by atoms with van der Waals surface area (Å²) in [4.78, 5) is 4.06. The molecule has 1 unspecified atom stereocenters. The number of hydrogen-bond donors (Lipinski definition) is 1. The third-order valence-electron chi connectivity index (χ3n) is 3.26. The van der Waals surface area contributed by atoms with Crippen molar-refractivity contribution in [3.05, 3.63) is 47.8 Å². The van der Waals surface area contributed by atoms with Gasteiger partial charge in [0, 0.05) is 18.4 Å². The van der Waals surface area contributed by atoms with Gasteiger partial charge in [0.1, 0.15) is 5.82 Å². The number of aromatic nitrogens is 2. The Balaban J connectivity index is 2.43. The van der Waals surface area contributed by atoms with Crippen LogP contribution in [-0.2, 0) is 0 Å². The first-order valence-corrected chi connectivity index (χ1v) is 6.65. The van der Waals surface area contributed by atoms with Crippen LogP contribution in [0.15, 0.2) is 30.9 Å². The molecule has 1 aromatic carbocycles. The van der Waals surface area contributed by atoms with E-state index in [4.69, 9.17) is 0 Å². The summed E-state index contributed by atoms with van der Waals surface area (Å²) in [6.45, 7) is 6.87. The quantitative estimate of drug-likeness (QED) is 0.894. The van der Waals surface area contributed by atoms with Crippen LogP contribution in [0.1, 0.15) is 37.4 Å². The summed E-state index contributed by atoms with van der Waals surface area (Å²) in [7, 11) is 0. The molecule has 102 valence electrons. The van der Waals surface area contributed by atoms with Crippen molar-refractivity contribution in [3.63, 3.8) is 0 Å². The topological polar surface area (TPSA) is 29.9 Å². The number of nitrogens with zero attached hydrogens (tertiary/aromatic N) is 2. The lowest BCUT2D eigenvalue weighted by atomic mass is 10.0. The second kappa shape index (κ2) is 5.97. The number of rotatable bonds is 5. The fourth-order valence-electron chi connectivity index (χ4n) is 2.12. The average molecular weight is 261 g/mol. The van der Waals surface area contributed by atoms with Gasteiger partial charge in [0.05, 0.1) is 12.0 Å². The summed E-state index contributed by atoms with van der Waals surface area (Å²) in [5.41, 5.74) is 2.58. The molecule has 0 saturated heterocycles. The molecular formula is C15H20FN3. The average Bonchev–Trinajstić information content (AvgIpc) is 2.92. The van der Waals surface area contributed by atoms with Crippen LogP contribution in [0.5, 0.6) is 0 Å². The van der Waals surface area contributed by atoms with Gasteiger partial charge in [0.2, 0.25) is 0 Å². The van der Waals surface area contributed by atoms with Crippen molar-refractivity contribution < 1.29 is 4.39 Å². The van der Waals surface area contributed by atoms with Crippen molar-refractivity contribution in [3.8, 4) is 5.69 Å². The zero-order valence-corrected chi connectivity index (χ0v) is 11.7. The normalized spacial score (nSPS) is 12.6. The van der Waals surface area contributed by atoms with Gasteiger partial charge in [-0.05, 0) is 50.1 Å². The molecule has 4 heteroatoms. The van der Waals surface area contributed by atoms with E-state index < -0.39 is 0 Å². The van der Waals surface area contributed by atoms with E-state index in [0.29, 0.717) is 5.56 Å². The predicted molar refractivity (Wildman–Crippen MR) is 75.0 cm³/mol. The molecule has 0 spiro atoms. The number of aryl methyl sites for hydroxylation is 1. The Morgan fingerprint density at radius 1 is 1.42 bits per heavy atom. The minimum atomic E-state index is -0.163. The van der Waals surface area contributed by atoms with E-state index in [2.05, 4.69) is 24.1 Å². The van der Waals surface area contributed by atoms with Crippen molar-refractivity contribution in [2.24, 2.45) is 0 Å². The molecule has 1 N–H and O–H groups in total. The lowest BCUT2D eigenvalue weighted by Gasteiger charge is -2.19. The molecule has 3 nitrogen and oxygen atoms in total. The van der Waals surface area contributed by atoms with Gasteiger partial charge < -0.3 is 9.88 Å². The maximum atomic E-state index is 13.8. The number of nitrogens with one attached hydrogen (secondary N) is 1. The first-order chi connectivity index (χ1) is 9.13. The minimum Gasteiger partial charge on any atom is -0.310 e. The zero-order chi connectivity index (χ0) is 13.8. The third-order valence-corrected chi connectivity index (χ3v) is 3.26. The Labute approximate surface area is 113 Å². The maximum absolute atomic E-state index is 13.8. The lowest BCUT2D eigenvalue weighted by Crippen LogP contribution is -2.21. The van der Waals surface area contributed by atoms with Gasteiger partial charge in [-0.1, -0.05) is 6.92 Å². The lowest BCUT2D eigenvalue weighted by molar-refractivity contribution is 0.558. The van der Waals surface area contributed by atoms with Crippen LogP contribution in [0.3, 0.4) is 0 Å². The van der Waals surface area contributed by atoms with E-state index in [1.165, 1.54) is 0 Å². The molecule has 0 aliphatic carbocycles. The molecule has 0 saturated carbocycles. The van der Waals surface area contributed by atoms with E-state index in [-0.39, 0.29) is 11.9 Å². The molecule has 0 fully saturated rings. The molecule has 1 atom stereocenters.